The van der Waals surface area contributed by atoms with Crippen LogP contribution < -0.4 is 10.2 Å². The molecule has 25 heavy (non-hydrogen) atoms. The number of nitrogens with one attached hydrogen (secondary N) is 1. The largest absolute Gasteiger partial charge is 0.353 e. The normalized spacial score (nSPS) is 17.4. The van der Waals surface area contributed by atoms with Gasteiger partial charge in [0.15, 0.2) is 0 Å². The van der Waals surface area contributed by atoms with E-state index < -0.39 is 0 Å². The Morgan fingerprint density at radius 1 is 1.20 bits per heavy atom. The number of nitrogens with zero attached hydrogens (tertiary/aromatic N) is 3. The van der Waals surface area contributed by atoms with Gasteiger partial charge in [0.25, 0.3) is 5.91 Å². The number of hydrogen-bond donors (Lipinski definition) is 1. The van der Waals surface area contributed by atoms with Gasteiger partial charge in [-0.2, -0.15) is 0 Å². The molecule has 0 bridgehead atoms. The zero-order valence-electron chi connectivity index (χ0n) is 15.0. The van der Waals surface area contributed by atoms with E-state index in [1.54, 1.807) is 6.20 Å². The SMILES string of the molecule is CCN(CC)C(=O)c1cccnc1N1CCN[C@@H](c2ccccc2)C1. The fourth-order valence-corrected chi connectivity index (χ4v) is 3.35. The predicted octanol–water partition coefficient (Wildman–Crippen LogP) is 2.71. The van der Waals surface area contributed by atoms with Crippen molar-refractivity contribution in [2.24, 2.45) is 0 Å². The molecular weight excluding hydrogens is 312 g/mol. The molecule has 0 unspecified atom stereocenters. The van der Waals surface area contributed by atoms with E-state index >= 15 is 0 Å². The lowest BCUT2D eigenvalue weighted by molar-refractivity contribution is 0.0773. The summed E-state index contributed by atoms with van der Waals surface area (Å²) in [7, 11) is 0. The number of piperazine rings is 1. The van der Waals surface area contributed by atoms with Crippen molar-refractivity contribution >= 4 is 11.7 Å². The Morgan fingerprint density at radius 3 is 2.68 bits per heavy atom. The Morgan fingerprint density at radius 2 is 1.96 bits per heavy atom. The zero-order chi connectivity index (χ0) is 17.6. The van der Waals surface area contributed by atoms with Crippen LogP contribution in [0.2, 0.25) is 0 Å². The lowest BCUT2D eigenvalue weighted by Crippen LogP contribution is -2.47. The number of rotatable bonds is 5. The molecule has 1 aromatic carbocycles. The van der Waals surface area contributed by atoms with Crippen LogP contribution in [-0.2, 0) is 0 Å². The number of benzene rings is 1. The first-order valence-corrected chi connectivity index (χ1v) is 9.02. The molecule has 0 spiro atoms. The first-order valence-electron chi connectivity index (χ1n) is 9.02. The number of hydrogen-bond acceptors (Lipinski definition) is 4. The molecule has 0 radical (unpaired) electrons. The van der Waals surface area contributed by atoms with Gasteiger partial charge in [-0.3, -0.25) is 4.79 Å². The van der Waals surface area contributed by atoms with E-state index in [9.17, 15) is 4.79 Å². The maximum Gasteiger partial charge on any atom is 0.257 e. The van der Waals surface area contributed by atoms with E-state index in [2.05, 4.69) is 39.5 Å². The van der Waals surface area contributed by atoms with Crippen molar-refractivity contribution in [3.8, 4) is 0 Å². The van der Waals surface area contributed by atoms with Crippen molar-refractivity contribution < 1.29 is 4.79 Å². The van der Waals surface area contributed by atoms with Gasteiger partial charge in [0, 0.05) is 45.0 Å². The van der Waals surface area contributed by atoms with Crippen LogP contribution >= 0.6 is 0 Å². The maximum absolute atomic E-state index is 12.9. The van der Waals surface area contributed by atoms with Crippen molar-refractivity contribution in [1.82, 2.24) is 15.2 Å². The van der Waals surface area contributed by atoms with Gasteiger partial charge in [-0.1, -0.05) is 30.3 Å². The lowest BCUT2D eigenvalue weighted by atomic mass is 10.0. The highest BCUT2D eigenvalue weighted by Crippen LogP contribution is 2.24. The fraction of sp³-hybridized carbons (Fsp3) is 0.400. The molecule has 2 aromatic rings. The number of carbonyl (C=O) groups excluding carboxylic acids is 1. The average Bonchev–Trinajstić information content (AvgIpc) is 2.69. The highest BCUT2D eigenvalue weighted by Gasteiger charge is 2.26. The average molecular weight is 338 g/mol. The molecule has 0 saturated carbocycles. The summed E-state index contributed by atoms with van der Waals surface area (Å²) < 4.78 is 0. The van der Waals surface area contributed by atoms with Crippen LogP contribution in [-0.4, -0.2) is 48.5 Å². The van der Waals surface area contributed by atoms with E-state index in [1.165, 1.54) is 5.56 Å². The topological polar surface area (TPSA) is 48.5 Å². The van der Waals surface area contributed by atoms with Crippen LogP contribution in [0.5, 0.6) is 0 Å². The van der Waals surface area contributed by atoms with Gasteiger partial charge in [-0.05, 0) is 31.5 Å². The minimum atomic E-state index is 0.0582. The summed E-state index contributed by atoms with van der Waals surface area (Å²) >= 11 is 0. The number of aromatic nitrogens is 1. The summed E-state index contributed by atoms with van der Waals surface area (Å²) in [5, 5.41) is 3.56. The Kier molecular flexibility index (Phi) is 5.66. The van der Waals surface area contributed by atoms with Gasteiger partial charge in [0.2, 0.25) is 0 Å². The Balaban J connectivity index is 1.85. The van der Waals surface area contributed by atoms with Crippen molar-refractivity contribution in [3.05, 3.63) is 59.8 Å². The van der Waals surface area contributed by atoms with Crippen LogP contribution in [0.25, 0.3) is 0 Å². The Hall–Kier alpha value is -2.40. The summed E-state index contributed by atoms with van der Waals surface area (Å²) in [5.74, 6) is 0.852. The van der Waals surface area contributed by atoms with Gasteiger partial charge < -0.3 is 15.1 Å². The van der Waals surface area contributed by atoms with E-state index in [0.717, 1.165) is 25.5 Å². The molecule has 1 aliphatic rings. The Bertz CT molecular complexity index is 700. The fourth-order valence-electron chi connectivity index (χ4n) is 3.35. The predicted molar refractivity (Wildman–Crippen MR) is 101 cm³/mol. The molecule has 1 fully saturated rings. The van der Waals surface area contributed by atoms with Crippen LogP contribution in [0, 0.1) is 0 Å². The molecule has 5 nitrogen and oxygen atoms in total. The number of anilines is 1. The van der Waals surface area contributed by atoms with Gasteiger partial charge in [-0.25, -0.2) is 4.98 Å². The van der Waals surface area contributed by atoms with Crippen molar-refractivity contribution in [3.63, 3.8) is 0 Å². The van der Waals surface area contributed by atoms with E-state index in [-0.39, 0.29) is 11.9 Å². The quantitative estimate of drug-likeness (QED) is 0.911. The van der Waals surface area contributed by atoms with Crippen molar-refractivity contribution in [2.75, 3.05) is 37.6 Å². The molecule has 1 aliphatic heterocycles. The third-order valence-electron chi connectivity index (χ3n) is 4.74. The summed E-state index contributed by atoms with van der Waals surface area (Å²) in [6, 6.07) is 14.4. The van der Waals surface area contributed by atoms with Gasteiger partial charge >= 0.3 is 0 Å². The summed E-state index contributed by atoms with van der Waals surface area (Å²) in [6.45, 7) is 7.95. The minimum absolute atomic E-state index is 0.0582. The van der Waals surface area contributed by atoms with Crippen molar-refractivity contribution in [1.29, 1.82) is 0 Å². The molecular formula is C20H26N4O. The third kappa shape index (κ3) is 3.82. The molecule has 132 valence electrons. The zero-order valence-corrected chi connectivity index (χ0v) is 15.0. The molecule has 1 saturated heterocycles. The third-order valence-corrected chi connectivity index (χ3v) is 4.74. The Labute approximate surface area is 149 Å². The summed E-state index contributed by atoms with van der Waals surface area (Å²) in [5.41, 5.74) is 1.96. The van der Waals surface area contributed by atoms with Crippen molar-refractivity contribution in [2.45, 2.75) is 19.9 Å². The molecule has 1 atom stereocenters. The molecule has 3 rings (SSSR count). The molecule has 1 N–H and O–H groups in total. The molecule has 5 heteroatoms. The van der Waals surface area contributed by atoms with E-state index in [4.69, 9.17) is 0 Å². The van der Waals surface area contributed by atoms with Gasteiger partial charge in [-0.15, -0.1) is 0 Å². The summed E-state index contributed by atoms with van der Waals surface area (Å²) in [6.07, 6.45) is 1.77. The second-order valence-corrected chi connectivity index (χ2v) is 6.22. The van der Waals surface area contributed by atoms with Crippen LogP contribution in [0.1, 0.15) is 35.8 Å². The minimum Gasteiger partial charge on any atom is -0.353 e. The first kappa shape index (κ1) is 17.4. The number of carbonyl (C=O) groups is 1. The first-order chi connectivity index (χ1) is 12.2. The number of amides is 1. The highest BCUT2D eigenvalue weighted by atomic mass is 16.2. The standard InChI is InChI=1S/C20H26N4O/c1-3-23(4-2)20(25)17-11-8-12-22-19(17)24-14-13-21-18(15-24)16-9-6-5-7-10-16/h5-12,18,21H,3-4,13-15H2,1-2H3/t18-/m1/s1. The van der Waals surface area contributed by atoms with Crippen LogP contribution in [0.4, 0.5) is 5.82 Å². The van der Waals surface area contributed by atoms with E-state index in [0.29, 0.717) is 18.7 Å². The van der Waals surface area contributed by atoms with Crippen LogP contribution in [0.3, 0.4) is 0 Å². The van der Waals surface area contributed by atoms with Gasteiger partial charge in [0.05, 0.1) is 5.56 Å². The van der Waals surface area contributed by atoms with Crippen LogP contribution in [0.15, 0.2) is 48.7 Å². The molecule has 2 heterocycles. The smallest absolute Gasteiger partial charge is 0.257 e. The summed E-state index contributed by atoms with van der Waals surface area (Å²) in [4.78, 5) is 21.5. The molecule has 0 aliphatic carbocycles. The lowest BCUT2D eigenvalue weighted by Gasteiger charge is -2.36. The highest BCUT2D eigenvalue weighted by molar-refractivity contribution is 5.98. The maximum atomic E-state index is 12.9. The second kappa shape index (κ2) is 8.12. The van der Waals surface area contributed by atoms with Gasteiger partial charge in [0.1, 0.15) is 5.82 Å². The molecule has 1 amide bonds. The van der Waals surface area contributed by atoms with E-state index in [1.807, 2.05) is 36.9 Å². The number of pyridine rings is 1. The monoisotopic (exact) mass is 338 g/mol. The second-order valence-electron chi connectivity index (χ2n) is 6.22. The molecule has 1 aromatic heterocycles.